The van der Waals surface area contributed by atoms with Gasteiger partial charge in [0.05, 0.1) is 15.1 Å². The number of halogens is 1. The number of benzene rings is 2. The Balaban J connectivity index is 1.52. The van der Waals surface area contributed by atoms with Gasteiger partial charge < -0.3 is 4.90 Å². The molecule has 0 saturated carbocycles. The molecule has 1 aliphatic heterocycles. The Morgan fingerprint density at radius 1 is 1.07 bits per heavy atom. The zero-order chi connectivity index (χ0) is 21.0. The van der Waals surface area contributed by atoms with Gasteiger partial charge in [0.25, 0.3) is 5.69 Å². The predicted octanol–water partition coefficient (Wildman–Crippen LogP) is 3.13. The van der Waals surface area contributed by atoms with Gasteiger partial charge in [-0.1, -0.05) is 12.1 Å². The minimum absolute atomic E-state index is 0.00418. The number of aryl methyl sites for hydroxylation is 1. The SMILES string of the molecule is O=C(CCc1ccc([N+](=O)[O-])cc1)N1CCC(S(=O)(=O)c2ccc(F)cc2)CC1. The second-order valence-electron chi connectivity index (χ2n) is 7.00. The topological polar surface area (TPSA) is 97.6 Å². The van der Waals surface area contributed by atoms with Crippen LogP contribution in [0.2, 0.25) is 0 Å². The molecule has 0 unspecified atom stereocenters. The second-order valence-corrected chi connectivity index (χ2v) is 9.23. The van der Waals surface area contributed by atoms with Gasteiger partial charge in [-0.15, -0.1) is 0 Å². The molecule has 1 aliphatic rings. The number of nitro groups is 1. The molecule has 0 bridgehead atoms. The molecule has 2 aromatic rings. The quantitative estimate of drug-likeness (QED) is 0.406. The van der Waals surface area contributed by atoms with E-state index in [4.69, 9.17) is 0 Å². The van der Waals surface area contributed by atoms with Crippen LogP contribution in [0.1, 0.15) is 24.8 Å². The molecule has 0 spiro atoms. The molecule has 0 N–H and O–H groups in total. The van der Waals surface area contributed by atoms with Gasteiger partial charge in [0.1, 0.15) is 5.82 Å². The number of likely N-dealkylation sites (tertiary alicyclic amines) is 1. The number of sulfone groups is 1. The summed E-state index contributed by atoms with van der Waals surface area (Å²) in [6.45, 7) is 0.703. The zero-order valence-electron chi connectivity index (χ0n) is 15.7. The highest BCUT2D eigenvalue weighted by molar-refractivity contribution is 7.92. The molecule has 3 rings (SSSR count). The zero-order valence-corrected chi connectivity index (χ0v) is 16.5. The van der Waals surface area contributed by atoms with Gasteiger partial charge in [-0.05, 0) is 49.1 Å². The van der Waals surface area contributed by atoms with Crippen molar-refractivity contribution in [2.75, 3.05) is 13.1 Å². The molecule has 0 atom stereocenters. The van der Waals surface area contributed by atoms with E-state index in [0.717, 1.165) is 17.7 Å². The number of carbonyl (C=O) groups excluding carboxylic acids is 1. The Hall–Kier alpha value is -2.81. The molecule has 1 fully saturated rings. The van der Waals surface area contributed by atoms with E-state index in [-0.39, 0.29) is 22.9 Å². The van der Waals surface area contributed by atoms with E-state index in [1.165, 1.54) is 24.3 Å². The molecule has 0 aliphatic carbocycles. The lowest BCUT2D eigenvalue weighted by molar-refractivity contribution is -0.384. The Kier molecular flexibility index (Phi) is 6.26. The number of amides is 1. The molecule has 1 amide bonds. The number of hydrogen-bond acceptors (Lipinski definition) is 5. The first kappa shape index (κ1) is 20.9. The highest BCUT2D eigenvalue weighted by atomic mass is 32.2. The van der Waals surface area contributed by atoms with Crippen molar-refractivity contribution in [3.63, 3.8) is 0 Å². The average Bonchev–Trinajstić information content (AvgIpc) is 2.72. The van der Waals surface area contributed by atoms with Gasteiger partial charge in [-0.25, -0.2) is 12.8 Å². The minimum atomic E-state index is -3.55. The molecule has 1 saturated heterocycles. The summed E-state index contributed by atoms with van der Waals surface area (Å²) in [7, 11) is -3.55. The fourth-order valence-corrected chi connectivity index (χ4v) is 5.16. The second kappa shape index (κ2) is 8.69. The minimum Gasteiger partial charge on any atom is -0.343 e. The van der Waals surface area contributed by atoms with Crippen LogP contribution in [0.5, 0.6) is 0 Å². The van der Waals surface area contributed by atoms with Crippen molar-refractivity contribution < 1.29 is 22.5 Å². The third-order valence-corrected chi connectivity index (χ3v) is 7.43. The summed E-state index contributed by atoms with van der Waals surface area (Å²) in [6.07, 6.45) is 1.39. The maximum Gasteiger partial charge on any atom is 0.269 e. The fraction of sp³-hybridized carbons (Fsp3) is 0.350. The van der Waals surface area contributed by atoms with Crippen LogP contribution >= 0.6 is 0 Å². The van der Waals surface area contributed by atoms with E-state index < -0.39 is 25.8 Å². The number of carbonyl (C=O) groups is 1. The Labute approximate surface area is 168 Å². The Morgan fingerprint density at radius 3 is 2.21 bits per heavy atom. The van der Waals surface area contributed by atoms with Crippen molar-refractivity contribution in [3.05, 3.63) is 70.0 Å². The van der Waals surface area contributed by atoms with E-state index >= 15 is 0 Å². The lowest BCUT2D eigenvalue weighted by Crippen LogP contribution is -2.42. The van der Waals surface area contributed by atoms with Crippen molar-refractivity contribution in [2.45, 2.75) is 35.8 Å². The maximum absolute atomic E-state index is 13.0. The summed E-state index contributed by atoms with van der Waals surface area (Å²) < 4.78 is 38.4. The third-order valence-electron chi connectivity index (χ3n) is 5.15. The molecule has 1 heterocycles. The van der Waals surface area contributed by atoms with Crippen molar-refractivity contribution in [1.29, 1.82) is 0 Å². The van der Waals surface area contributed by atoms with Crippen LogP contribution in [0.15, 0.2) is 53.4 Å². The number of piperidine rings is 1. The standard InChI is InChI=1S/C20H21FN2O5S/c21-16-4-8-18(9-5-16)29(27,28)19-11-13-22(14-12-19)20(24)10-3-15-1-6-17(7-2-15)23(25)26/h1-2,4-9,19H,3,10-14H2. The Bertz CT molecular complexity index is 983. The molecule has 154 valence electrons. The van der Waals surface area contributed by atoms with Crippen LogP contribution in [0.25, 0.3) is 0 Å². The van der Waals surface area contributed by atoms with Crippen LogP contribution in [0, 0.1) is 15.9 Å². The number of non-ortho nitro benzene ring substituents is 1. The Morgan fingerprint density at radius 2 is 1.66 bits per heavy atom. The summed E-state index contributed by atoms with van der Waals surface area (Å²) >= 11 is 0. The molecular formula is C20H21FN2O5S. The molecule has 9 heteroatoms. The molecule has 7 nitrogen and oxygen atoms in total. The third kappa shape index (κ3) is 4.97. The van der Waals surface area contributed by atoms with E-state index in [1.807, 2.05) is 0 Å². The van der Waals surface area contributed by atoms with Gasteiger partial charge in [-0.2, -0.15) is 0 Å². The summed E-state index contributed by atoms with van der Waals surface area (Å²) in [4.78, 5) is 24.4. The van der Waals surface area contributed by atoms with E-state index in [2.05, 4.69) is 0 Å². The van der Waals surface area contributed by atoms with Crippen molar-refractivity contribution in [2.24, 2.45) is 0 Å². The van der Waals surface area contributed by atoms with E-state index in [1.54, 1.807) is 17.0 Å². The van der Waals surface area contributed by atoms with Gasteiger partial charge in [-0.3, -0.25) is 14.9 Å². The summed E-state index contributed by atoms with van der Waals surface area (Å²) in [5.74, 6) is -0.557. The maximum atomic E-state index is 13.0. The van der Waals surface area contributed by atoms with Crippen LogP contribution in [0.4, 0.5) is 10.1 Å². The smallest absolute Gasteiger partial charge is 0.269 e. The van der Waals surface area contributed by atoms with E-state index in [0.29, 0.717) is 32.4 Å². The lowest BCUT2D eigenvalue weighted by Gasteiger charge is -2.32. The van der Waals surface area contributed by atoms with Crippen LogP contribution < -0.4 is 0 Å². The van der Waals surface area contributed by atoms with Gasteiger partial charge in [0.15, 0.2) is 9.84 Å². The highest BCUT2D eigenvalue weighted by Gasteiger charge is 2.32. The molecule has 0 radical (unpaired) electrons. The van der Waals surface area contributed by atoms with Gasteiger partial charge >= 0.3 is 0 Å². The molecular weight excluding hydrogens is 399 g/mol. The van der Waals surface area contributed by atoms with Gasteiger partial charge in [0, 0.05) is 31.6 Å². The number of rotatable bonds is 6. The van der Waals surface area contributed by atoms with Crippen molar-refractivity contribution in [1.82, 2.24) is 4.90 Å². The lowest BCUT2D eigenvalue weighted by atomic mass is 10.1. The average molecular weight is 420 g/mol. The van der Waals surface area contributed by atoms with Crippen molar-refractivity contribution in [3.8, 4) is 0 Å². The van der Waals surface area contributed by atoms with Crippen molar-refractivity contribution >= 4 is 21.4 Å². The summed E-state index contributed by atoms with van der Waals surface area (Å²) in [6, 6.07) is 10.9. The first-order chi connectivity index (χ1) is 13.8. The first-order valence-electron chi connectivity index (χ1n) is 9.28. The molecule has 29 heavy (non-hydrogen) atoms. The van der Waals surface area contributed by atoms with Gasteiger partial charge in [0.2, 0.25) is 5.91 Å². The summed E-state index contributed by atoms with van der Waals surface area (Å²) in [5.41, 5.74) is 0.835. The largest absolute Gasteiger partial charge is 0.343 e. The molecule has 0 aromatic heterocycles. The number of hydrogen-bond donors (Lipinski definition) is 0. The predicted molar refractivity (Wildman–Crippen MR) is 105 cm³/mol. The highest BCUT2D eigenvalue weighted by Crippen LogP contribution is 2.25. The van der Waals surface area contributed by atoms with Crippen LogP contribution in [0.3, 0.4) is 0 Å². The number of nitro benzene ring substituents is 1. The number of nitrogens with zero attached hydrogens (tertiary/aromatic N) is 2. The van der Waals surface area contributed by atoms with Crippen LogP contribution in [-0.4, -0.2) is 42.5 Å². The summed E-state index contributed by atoms with van der Waals surface area (Å²) in [5, 5.41) is 10.1. The fourth-order valence-electron chi connectivity index (χ4n) is 3.43. The first-order valence-corrected chi connectivity index (χ1v) is 10.8. The van der Waals surface area contributed by atoms with Crippen LogP contribution in [-0.2, 0) is 21.1 Å². The monoisotopic (exact) mass is 420 g/mol. The normalized spacial score (nSPS) is 15.3. The van der Waals surface area contributed by atoms with E-state index in [9.17, 15) is 27.7 Å². The molecule has 2 aromatic carbocycles.